The number of hydrogen-bond donors (Lipinski definition) is 1. The average molecular weight is 231 g/mol. The molecule has 0 saturated heterocycles. The molecule has 0 atom stereocenters. The first kappa shape index (κ1) is 11.6. The molecule has 0 amide bonds. The molecule has 0 aliphatic rings. The van der Waals surface area contributed by atoms with Gasteiger partial charge in [-0.3, -0.25) is 0 Å². The van der Waals surface area contributed by atoms with E-state index in [2.05, 4.69) is 0 Å². The fourth-order valence-electron chi connectivity index (χ4n) is 1.59. The second-order valence-electron chi connectivity index (χ2n) is 3.86. The Kier molecular flexibility index (Phi) is 3.40. The van der Waals surface area contributed by atoms with E-state index in [4.69, 9.17) is 10.5 Å². The topological polar surface area (TPSA) is 35.2 Å². The Bertz CT molecular complexity index is 525. The molecule has 0 bridgehead atoms. The molecule has 2 N–H and O–H groups in total. The number of rotatable bonds is 3. The van der Waals surface area contributed by atoms with E-state index in [-0.39, 0.29) is 5.82 Å². The lowest BCUT2D eigenvalue weighted by molar-refractivity contribution is 0.476. The van der Waals surface area contributed by atoms with Crippen LogP contribution in [0, 0.1) is 12.7 Å². The maximum Gasteiger partial charge on any atom is 0.130 e. The summed E-state index contributed by atoms with van der Waals surface area (Å²) in [5.74, 6) is 1.11. The smallest absolute Gasteiger partial charge is 0.130 e. The molecule has 0 spiro atoms. The molecule has 0 fully saturated rings. The van der Waals surface area contributed by atoms with Gasteiger partial charge in [-0.1, -0.05) is 12.1 Å². The lowest BCUT2D eigenvalue weighted by Crippen LogP contribution is -1.96. The highest BCUT2D eigenvalue weighted by Gasteiger charge is 2.03. The van der Waals surface area contributed by atoms with Crippen LogP contribution in [-0.4, -0.2) is 0 Å². The Morgan fingerprint density at radius 1 is 1.18 bits per heavy atom. The predicted molar refractivity (Wildman–Crippen MR) is 65.5 cm³/mol. The molecule has 0 heterocycles. The largest absolute Gasteiger partial charge is 0.457 e. The molecule has 3 heteroatoms. The fraction of sp³-hybridized carbons (Fsp3) is 0.143. The van der Waals surface area contributed by atoms with Crippen LogP contribution in [0.15, 0.2) is 42.5 Å². The van der Waals surface area contributed by atoms with Crippen molar-refractivity contribution in [2.75, 3.05) is 0 Å². The molecule has 0 saturated carbocycles. The summed E-state index contributed by atoms with van der Waals surface area (Å²) in [6, 6.07) is 12.0. The lowest BCUT2D eigenvalue weighted by atomic mass is 10.2. The SMILES string of the molecule is Cc1cc(F)ccc1Oc1cccc(CN)c1. The van der Waals surface area contributed by atoms with E-state index in [1.54, 1.807) is 6.07 Å². The second-order valence-corrected chi connectivity index (χ2v) is 3.86. The highest BCUT2D eigenvalue weighted by Crippen LogP contribution is 2.25. The van der Waals surface area contributed by atoms with E-state index < -0.39 is 0 Å². The van der Waals surface area contributed by atoms with Crippen molar-refractivity contribution in [3.05, 3.63) is 59.4 Å². The van der Waals surface area contributed by atoms with E-state index in [1.165, 1.54) is 12.1 Å². The van der Waals surface area contributed by atoms with Crippen molar-refractivity contribution in [3.8, 4) is 11.5 Å². The van der Waals surface area contributed by atoms with Gasteiger partial charge >= 0.3 is 0 Å². The first-order valence-corrected chi connectivity index (χ1v) is 5.42. The zero-order valence-corrected chi connectivity index (χ0v) is 9.61. The molecule has 0 aliphatic carbocycles. The van der Waals surface area contributed by atoms with Crippen LogP contribution < -0.4 is 10.5 Å². The highest BCUT2D eigenvalue weighted by atomic mass is 19.1. The van der Waals surface area contributed by atoms with Crippen LogP contribution in [0.2, 0.25) is 0 Å². The van der Waals surface area contributed by atoms with Crippen molar-refractivity contribution >= 4 is 0 Å². The van der Waals surface area contributed by atoms with Crippen LogP contribution in [0.5, 0.6) is 11.5 Å². The normalized spacial score (nSPS) is 10.3. The Labute approximate surface area is 99.8 Å². The summed E-state index contributed by atoms with van der Waals surface area (Å²) in [5, 5.41) is 0. The standard InChI is InChI=1S/C14H14FNO/c1-10-7-12(15)5-6-14(10)17-13-4-2-3-11(8-13)9-16/h2-8H,9,16H2,1H3. The Morgan fingerprint density at radius 3 is 2.71 bits per heavy atom. The summed E-state index contributed by atoms with van der Waals surface area (Å²) < 4.78 is 18.6. The van der Waals surface area contributed by atoms with Gasteiger partial charge in [0.2, 0.25) is 0 Å². The van der Waals surface area contributed by atoms with Crippen molar-refractivity contribution in [1.29, 1.82) is 0 Å². The zero-order valence-electron chi connectivity index (χ0n) is 9.61. The van der Waals surface area contributed by atoms with Gasteiger partial charge in [-0.15, -0.1) is 0 Å². The molecule has 88 valence electrons. The molecular weight excluding hydrogens is 217 g/mol. The van der Waals surface area contributed by atoms with Gasteiger partial charge in [0.25, 0.3) is 0 Å². The summed E-state index contributed by atoms with van der Waals surface area (Å²) in [7, 11) is 0. The van der Waals surface area contributed by atoms with Crippen molar-refractivity contribution in [2.45, 2.75) is 13.5 Å². The quantitative estimate of drug-likeness (QED) is 0.878. The maximum atomic E-state index is 12.9. The van der Waals surface area contributed by atoms with Crippen molar-refractivity contribution in [3.63, 3.8) is 0 Å². The summed E-state index contributed by atoms with van der Waals surface area (Å²) in [4.78, 5) is 0. The number of halogens is 1. The van der Waals surface area contributed by atoms with Gasteiger partial charge in [0, 0.05) is 6.54 Å². The molecule has 17 heavy (non-hydrogen) atoms. The third-order valence-corrected chi connectivity index (χ3v) is 2.50. The minimum atomic E-state index is -0.259. The summed E-state index contributed by atoms with van der Waals surface area (Å²) in [6.45, 7) is 2.28. The molecular formula is C14H14FNO. The monoisotopic (exact) mass is 231 g/mol. The molecule has 0 aliphatic heterocycles. The van der Waals surface area contributed by atoms with Crippen LogP contribution in [-0.2, 0) is 6.54 Å². The van der Waals surface area contributed by atoms with Gasteiger partial charge in [-0.25, -0.2) is 4.39 Å². The molecule has 0 radical (unpaired) electrons. The van der Waals surface area contributed by atoms with Gasteiger partial charge in [-0.05, 0) is 48.4 Å². The molecule has 2 aromatic carbocycles. The average Bonchev–Trinajstić information content (AvgIpc) is 2.33. The first-order chi connectivity index (χ1) is 8.19. The van der Waals surface area contributed by atoms with Crippen LogP contribution in [0.3, 0.4) is 0 Å². The number of aryl methyl sites for hydroxylation is 1. The third-order valence-electron chi connectivity index (χ3n) is 2.50. The molecule has 0 unspecified atom stereocenters. The molecule has 0 aromatic heterocycles. The van der Waals surface area contributed by atoms with Gasteiger partial charge in [0.1, 0.15) is 17.3 Å². The first-order valence-electron chi connectivity index (χ1n) is 5.42. The minimum Gasteiger partial charge on any atom is -0.457 e. The third kappa shape index (κ3) is 2.82. The van der Waals surface area contributed by atoms with E-state index in [0.717, 1.165) is 11.1 Å². The molecule has 2 nitrogen and oxygen atoms in total. The number of hydrogen-bond acceptors (Lipinski definition) is 2. The maximum absolute atomic E-state index is 12.9. The van der Waals surface area contributed by atoms with E-state index in [0.29, 0.717) is 18.0 Å². The second kappa shape index (κ2) is 4.97. The van der Waals surface area contributed by atoms with Crippen LogP contribution >= 0.6 is 0 Å². The van der Waals surface area contributed by atoms with Crippen molar-refractivity contribution < 1.29 is 9.13 Å². The van der Waals surface area contributed by atoms with Gasteiger partial charge in [0.05, 0.1) is 0 Å². The van der Waals surface area contributed by atoms with Gasteiger partial charge < -0.3 is 10.5 Å². The molecule has 2 aromatic rings. The van der Waals surface area contributed by atoms with E-state index in [1.807, 2.05) is 31.2 Å². The number of nitrogens with two attached hydrogens (primary N) is 1. The van der Waals surface area contributed by atoms with Crippen LogP contribution in [0.4, 0.5) is 4.39 Å². The predicted octanol–water partition coefficient (Wildman–Crippen LogP) is 3.39. The summed E-state index contributed by atoms with van der Waals surface area (Å²) in [5.41, 5.74) is 7.33. The molecule has 2 rings (SSSR count). The van der Waals surface area contributed by atoms with Crippen LogP contribution in [0.1, 0.15) is 11.1 Å². The van der Waals surface area contributed by atoms with Gasteiger partial charge in [-0.2, -0.15) is 0 Å². The minimum absolute atomic E-state index is 0.259. The van der Waals surface area contributed by atoms with Crippen molar-refractivity contribution in [2.24, 2.45) is 5.73 Å². The Hall–Kier alpha value is -1.87. The highest BCUT2D eigenvalue weighted by molar-refractivity contribution is 5.38. The number of ether oxygens (including phenoxy) is 1. The van der Waals surface area contributed by atoms with Gasteiger partial charge in [0.15, 0.2) is 0 Å². The summed E-state index contributed by atoms with van der Waals surface area (Å²) >= 11 is 0. The summed E-state index contributed by atoms with van der Waals surface area (Å²) in [6.07, 6.45) is 0. The van der Waals surface area contributed by atoms with Crippen molar-refractivity contribution in [1.82, 2.24) is 0 Å². The van der Waals surface area contributed by atoms with E-state index in [9.17, 15) is 4.39 Å². The lowest BCUT2D eigenvalue weighted by Gasteiger charge is -2.09. The number of benzene rings is 2. The Balaban J connectivity index is 2.25. The Morgan fingerprint density at radius 2 is 2.00 bits per heavy atom. The van der Waals surface area contributed by atoms with Crippen LogP contribution in [0.25, 0.3) is 0 Å². The zero-order chi connectivity index (χ0) is 12.3. The van der Waals surface area contributed by atoms with E-state index >= 15 is 0 Å². The fourth-order valence-corrected chi connectivity index (χ4v) is 1.59.